The number of benzene rings is 1. The number of carbonyl (C=O) groups excluding carboxylic acids is 1. The van der Waals surface area contributed by atoms with Gasteiger partial charge in [0, 0.05) is 18.9 Å². The summed E-state index contributed by atoms with van der Waals surface area (Å²) in [5, 5.41) is 10.8. The molecular weight excluding hydrogens is 257 g/mol. The molecule has 1 saturated heterocycles. The van der Waals surface area contributed by atoms with Crippen LogP contribution >= 0.6 is 0 Å². The van der Waals surface area contributed by atoms with Crippen LogP contribution in [0.4, 0.5) is 10.1 Å². The van der Waals surface area contributed by atoms with Crippen LogP contribution in [0.5, 0.6) is 0 Å². The van der Waals surface area contributed by atoms with Gasteiger partial charge in [-0.2, -0.15) is 0 Å². The number of rotatable bonds is 3. The molecule has 0 N–H and O–H groups in total. The van der Waals surface area contributed by atoms with Gasteiger partial charge < -0.3 is 9.47 Å². The van der Waals surface area contributed by atoms with Crippen LogP contribution in [0.15, 0.2) is 18.2 Å². The standard InChI is InChI=1S/C12H12FNO5/c13-8-1-2-11(14(16)17)10(7-8)12(15)19-9-3-5-18-6-4-9/h1-2,7,9H,3-6H2. The van der Waals surface area contributed by atoms with E-state index in [0.29, 0.717) is 26.1 Å². The van der Waals surface area contributed by atoms with Gasteiger partial charge in [-0.3, -0.25) is 10.1 Å². The van der Waals surface area contributed by atoms with E-state index in [0.717, 1.165) is 18.2 Å². The first-order chi connectivity index (χ1) is 9.08. The second-order valence-electron chi connectivity index (χ2n) is 4.14. The summed E-state index contributed by atoms with van der Waals surface area (Å²) < 4.78 is 23.3. The van der Waals surface area contributed by atoms with Crippen LogP contribution in [-0.4, -0.2) is 30.2 Å². The van der Waals surface area contributed by atoms with E-state index in [9.17, 15) is 19.3 Å². The van der Waals surface area contributed by atoms with Crippen molar-refractivity contribution in [3.05, 3.63) is 39.7 Å². The number of nitro benzene ring substituents is 1. The lowest BCUT2D eigenvalue weighted by Gasteiger charge is -2.22. The van der Waals surface area contributed by atoms with Gasteiger partial charge in [0.25, 0.3) is 5.69 Å². The van der Waals surface area contributed by atoms with Crippen LogP contribution < -0.4 is 0 Å². The van der Waals surface area contributed by atoms with Crippen molar-refractivity contribution in [2.45, 2.75) is 18.9 Å². The van der Waals surface area contributed by atoms with Gasteiger partial charge in [-0.15, -0.1) is 0 Å². The molecule has 0 bridgehead atoms. The molecule has 1 aromatic carbocycles. The highest BCUT2D eigenvalue weighted by atomic mass is 19.1. The highest BCUT2D eigenvalue weighted by molar-refractivity contribution is 5.94. The number of nitro groups is 1. The van der Waals surface area contributed by atoms with Crippen molar-refractivity contribution in [2.24, 2.45) is 0 Å². The highest BCUT2D eigenvalue weighted by Gasteiger charge is 2.25. The van der Waals surface area contributed by atoms with Gasteiger partial charge >= 0.3 is 5.97 Å². The summed E-state index contributed by atoms with van der Waals surface area (Å²) in [4.78, 5) is 21.9. The van der Waals surface area contributed by atoms with E-state index in [1.54, 1.807) is 0 Å². The molecule has 0 amide bonds. The number of hydrogen-bond acceptors (Lipinski definition) is 5. The van der Waals surface area contributed by atoms with Crippen LogP contribution in [0.2, 0.25) is 0 Å². The quantitative estimate of drug-likeness (QED) is 0.477. The Labute approximate surface area is 108 Å². The third-order valence-electron chi connectivity index (χ3n) is 2.82. The van der Waals surface area contributed by atoms with Crippen LogP contribution in [-0.2, 0) is 9.47 Å². The number of halogens is 1. The van der Waals surface area contributed by atoms with Crippen molar-refractivity contribution >= 4 is 11.7 Å². The van der Waals surface area contributed by atoms with Gasteiger partial charge in [0.2, 0.25) is 0 Å². The topological polar surface area (TPSA) is 78.7 Å². The molecule has 1 aromatic rings. The molecule has 1 aliphatic heterocycles. The Morgan fingerprint density at radius 1 is 1.42 bits per heavy atom. The fourth-order valence-corrected chi connectivity index (χ4v) is 1.84. The van der Waals surface area contributed by atoms with E-state index in [2.05, 4.69) is 0 Å². The van der Waals surface area contributed by atoms with Gasteiger partial charge in [-0.1, -0.05) is 0 Å². The van der Waals surface area contributed by atoms with Crippen molar-refractivity contribution in [2.75, 3.05) is 13.2 Å². The minimum absolute atomic E-state index is 0.343. The number of nitrogens with zero attached hydrogens (tertiary/aromatic N) is 1. The molecular formula is C12H12FNO5. The highest BCUT2D eigenvalue weighted by Crippen LogP contribution is 2.22. The normalized spacial score (nSPS) is 16.1. The maximum Gasteiger partial charge on any atom is 0.345 e. The van der Waals surface area contributed by atoms with Crippen LogP contribution in [0.25, 0.3) is 0 Å². The second-order valence-corrected chi connectivity index (χ2v) is 4.14. The van der Waals surface area contributed by atoms with E-state index in [1.807, 2.05) is 0 Å². The van der Waals surface area contributed by atoms with E-state index < -0.39 is 22.4 Å². The Bertz CT molecular complexity index is 499. The monoisotopic (exact) mass is 269 g/mol. The van der Waals surface area contributed by atoms with Gasteiger partial charge in [0.1, 0.15) is 17.5 Å². The first-order valence-electron chi connectivity index (χ1n) is 5.80. The van der Waals surface area contributed by atoms with Gasteiger partial charge in [-0.25, -0.2) is 9.18 Å². The number of ether oxygens (including phenoxy) is 2. The van der Waals surface area contributed by atoms with Gasteiger partial charge in [0.15, 0.2) is 0 Å². The molecule has 19 heavy (non-hydrogen) atoms. The van der Waals surface area contributed by atoms with E-state index in [1.165, 1.54) is 0 Å². The maximum absolute atomic E-state index is 13.1. The minimum atomic E-state index is -0.877. The Kier molecular flexibility index (Phi) is 4.06. The lowest BCUT2D eigenvalue weighted by molar-refractivity contribution is -0.385. The van der Waals surface area contributed by atoms with Crippen molar-refractivity contribution in [1.82, 2.24) is 0 Å². The zero-order chi connectivity index (χ0) is 13.8. The SMILES string of the molecule is O=C(OC1CCOCC1)c1cc(F)ccc1[N+](=O)[O-]. The maximum atomic E-state index is 13.1. The van der Waals surface area contributed by atoms with E-state index in [-0.39, 0.29) is 11.7 Å². The average Bonchev–Trinajstić information content (AvgIpc) is 2.39. The third-order valence-corrected chi connectivity index (χ3v) is 2.82. The Morgan fingerprint density at radius 2 is 2.11 bits per heavy atom. The molecule has 0 atom stereocenters. The molecule has 0 aliphatic carbocycles. The number of hydrogen-bond donors (Lipinski definition) is 0. The molecule has 2 rings (SSSR count). The molecule has 0 radical (unpaired) electrons. The second kappa shape index (κ2) is 5.75. The van der Waals surface area contributed by atoms with E-state index >= 15 is 0 Å². The van der Waals surface area contributed by atoms with Gasteiger partial charge in [0.05, 0.1) is 18.1 Å². The van der Waals surface area contributed by atoms with Crippen molar-refractivity contribution in [1.29, 1.82) is 0 Å². The summed E-state index contributed by atoms with van der Waals surface area (Å²) in [7, 11) is 0. The fourth-order valence-electron chi connectivity index (χ4n) is 1.84. The molecule has 1 fully saturated rings. The van der Waals surface area contributed by atoms with Crippen molar-refractivity contribution in [3.63, 3.8) is 0 Å². The first-order valence-corrected chi connectivity index (χ1v) is 5.80. The van der Waals surface area contributed by atoms with Crippen LogP contribution in [0, 0.1) is 15.9 Å². The predicted molar refractivity (Wildman–Crippen MR) is 62.3 cm³/mol. The lowest BCUT2D eigenvalue weighted by atomic mass is 10.1. The molecule has 1 heterocycles. The molecule has 0 unspecified atom stereocenters. The third kappa shape index (κ3) is 3.25. The predicted octanol–water partition coefficient (Wildman–Crippen LogP) is 2.07. The largest absolute Gasteiger partial charge is 0.458 e. The first kappa shape index (κ1) is 13.4. The molecule has 0 aromatic heterocycles. The molecule has 102 valence electrons. The molecule has 0 spiro atoms. The summed E-state index contributed by atoms with van der Waals surface area (Å²) in [6.07, 6.45) is 0.730. The number of esters is 1. The van der Waals surface area contributed by atoms with Crippen molar-refractivity contribution < 1.29 is 23.6 Å². The van der Waals surface area contributed by atoms with Crippen LogP contribution in [0.3, 0.4) is 0 Å². The fraction of sp³-hybridized carbons (Fsp3) is 0.417. The Hall–Kier alpha value is -2.02. The van der Waals surface area contributed by atoms with Crippen LogP contribution in [0.1, 0.15) is 23.2 Å². The lowest BCUT2D eigenvalue weighted by Crippen LogP contribution is -2.26. The summed E-state index contributed by atoms with van der Waals surface area (Å²) >= 11 is 0. The Morgan fingerprint density at radius 3 is 2.74 bits per heavy atom. The molecule has 0 saturated carbocycles. The zero-order valence-electron chi connectivity index (χ0n) is 10.0. The van der Waals surface area contributed by atoms with Gasteiger partial charge in [-0.05, 0) is 12.1 Å². The van der Waals surface area contributed by atoms with Crippen molar-refractivity contribution in [3.8, 4) is 0 Å². The zero-order valence-corrected chi connectivity index (χ0v) is 10.0. The summed E-state index contributed by atoms with van der Waals surface area (Å²) in [6.45, 7) is 0.951. The molecule has 1 aliphatic rings. The molecule has 6 nitrogen and oxygen atoms in total. The minimum Gasteiger partial charge on any atom is -0.458 e. The number of carbonyl (C=O) groups is 1. The smallest absolute Gasteiger partial charge is 0.345 e. The average molecular weight is 269 g/mol. The Balaban J connectivity index is 2.17. The summed E-state index contributed by atoms with van der Waals surface area (Å²) in [5.74, 6) is -1.59. The summed E-state index contributed by atoms with van der Waals surface area (Å²) in [6, 6.07) is 2.71. The molecule has 7 heteroatoms. The summed E-state index contributed by atoms with van der Waals surface area (Å²) in [5.41, 5.74) is -0.824. The van der Waals surface area contributed by atoms with E-state index in [4.69, 9.17) is 9.47 Å².